The molecule has 3 saturated carbocycles. The fourth-order valence-electron chi connectivity index (χ4n) is 6.56. The average Bonchev–Trinajstić information content (AvgIpc) is 2.73. The predicted octanol–water partition coefficient (Wildman–Crippen LogP) is 7.48. The second-order valence-corrected chi connectivity index (χ2v) is 9.71. The summed E-state index contributed by atoms with van der Waals surface area (Å²) >= 11 is 0. The summed E-state index contributed by atoms with van der Waals surface area (Å²) in [5.74, 6) is 3.76. The molecule has 5 heteroatoms. The molecular weight excluding hydrogens is 389 g/mol. The van der Waals surface area contributed by atoms with E-state index in [1.165, 1.54) is 75.5 Å². The van der Waals surface area contributed by atoms with Gasteiger partial charge in [0, 0.05) is 6.61 Å². The van der Waals surface area contributed by atoms with Crippen molar-refractivity contribution in [3.05, 3.63) is 29.8 Å². The van der Waals surface area contributed by atoms with Crippen molar-refractivity contribution in [3.63, 3.8) is 0 Å². The number of hydrogen-bond acceptors (Lipinski definition) is 2. The molecule has 4 atom stereocenters. The minimum atomic E-state index is -4.62. The van der Waals surface area contributed by atoms with Crippen molar-refractivity contribution in [2.75, 3.05) is 6.61 Å². The number of fused-ring (bicyclic) bond motifs is 1. The zero-order valence-corrected chi connectivity index (χ0v) is 18.0. The van der Waals surface area contributed by atoms with E-state index in [0.29, 0.717) is 12.0 Å². The van der Waals surface area contributed by atoms with Gasteiger partial charge in [0.05, 0.1) is 6.10 Å². The molecule has 30 heavy (non-hydrogen) atoms. The van der Waals surface area contributed by atoms with Crippen LogP contribution < -0.4 is 4.74 Å². The molecule has 0 N–H and O–H groups in total. The van der Waals surface area contributed by atoms with Crippen LogP contribution in [0.5, 0.6) is 5.75 Å². The van der Waals surface area contributed by atoms with E-state index >= 15 is 0 Å². The number of hydrogen-bond donors (Lipinski definition) is 0. The van der Waals surface area contributed by atoms with Crippen LogP contribution in [0.3, 0.4) is 0 Å². The van der Waals surface area contributed by atoms with Crippen LogP contribution >= 0.6 is 0 Å². The molecule has 4 unspecified atom stereocenters. The number of halogens is 3. The molecule has 168 valence electrons. The fourth-order valence-corrected chi connectivity index (χ4v) is 6.56. The molecule has 2 nitrogen and oxygen atoms in total. The van der Waals surface area contributed by atoms with E-state index in [1.807, 2.05) is 12.1 Å². The fraction of sp³-hybridized carbons (Fsp3) is 0.760. The number of rotatable bonds is 5. The van der Waals surface area contributed by atoms with Crippen LogP contribution in [0, 0.1) is 23.7 Å². The molecule has 0 heterocycles. The largest absolute Gasteiger partial charge is 0.573 e. The Morgan fingerprint density at radius 3 is 1.97 bits per heavy atom. The van der Waals surface area contributed by atoms with Crippen molar-refractivity contribution in [1.82, 2.24) is 0 Å². The van der Waals surface area contributed by atoms with Gasteiger partial charge >= 0.3 is 6.36 Å². The molecule has 1 aromatic carbocycles. The van der Waals surface area contributed by atoms with Crippen molar-refractivity contribution in [2.24, 2.45) is 23.7 Å². The highest BCUT2D eigenvalue weighted by atomic mass is 19.4. The summed E-state index contributed by atoms with van der Waals surface area (Å²) in [6.07, 6.45) is 8.69. The van der Waals surface area contributed by atoms with Crippen LogP contribution in [-0.4, -0.2) is 19.1 Å². The Morgan fingerprint density at radius 2 is 1.33 bits per heavy atom. The molecule has 0 aliphatic heterocycles. The monoisotopic (exact) mass is 424 g/mol. The zero-order valence-electron chi connectivity index (χ0n) is 18.0. The van der Waals surface area contributed by atoms with Crippen LogP contribution in [0.15, 0.2) is 24.3 Å². The highest BCUT2D eigenvalue weighted by Crippen LogP contribution is 2.50. The van der Waals surface area contributed by atoms with Crippen LogP contribution in [0.4, 0.5) is 13.2 Å². The summed E-state index contributed by atoms with van der Waals surface area (Å²) in [5, 5.41) is 0. The Labute approximate surface area is 178 Å². The molecule has 3 aliphatic rings. The Bertz CT molecular complexity index is 664. The van der Waals surface area contributed by atoms with Crippen molar-refractivity contribution in [1.29, 1.82) is 0 Å². The van der Waals surface area contributed by atoms with Crippen LogP contribution in [-0.2, 0) is 4.74 Å². The summed E-state index contributed by atoms with van der Waals surface area (Å²) in [4.78, 5) is 0. The lowest BCUT2D eigenvalue weighted by Crippen LogP contribution is -2.35. The number of benzene rings is 1. The van der Waals surface area contributed by atoms with Gasteiger partial charge in [-0.05, 0) is 118 Å². The van der Waals surface area contributed by atoms with Gasteiger partial charge < -0.3 is 9.47 Å². The highest BCUT2D eigenvalue weighted by Gasteiger charge is 2.39. The maximum absolute atomic E-state index is 12.4. The molecule has 3 fully saturated rings. The summed E-state index contributed by atoms with van der Waals surface area (Å²) in [5.41, 5.74) is 1.17. The minimum absolute atomic E-state index is 0.125. The van der Waals surface area contributed by atoms with Gasteiger partial charge in [0.25, 0.3) is 0 Å². The van der Waals surface area contributed by atoms with Gasteiger partial charge in [0.2, 0.25) is 0 Å². The minimum Gasteiger partial charge on any atom is -0.406 e. The molecule has 0 amide bonds. The third-order valence-electron chi connectivity index (χ3n) is 8.03. The second-order valence-electron chi connectivity index (χ2n) is 9.71. The average molecular weight is 425 g/mol. The molecule has 4 rings (SSSR count). The summed E-state index contributed by atoms with van der Waals surface area (Å²) < 4.78 is 47.0. The first-order valence-electron chi connectivity index (χ1n) is 11.9. The van der Waals surface area contributed by atoms with Crippen molar-refractivity contribution in [2.45, 2.75) is 89.5 Å². The van der Waals surface area contributed by atoms with Crippen molar-refractivity contribution in [3.8, 4) is 5.75 Å². The third-order valence-corrected chi connectivity index (χ3v) is 8.03. The van der Waals surface area contributed by atoms with Crippen molar-refractivity contribution < 1.29 is 22.6 Å². The van der Waals surface area contributed by atoms with E-state index in [9.17, 15) is 13.2 Å². The molecular formula is C25H35F3O2. The Kier molecular flexibility index (Phi) is 6.96. The van der Waals surface area contributed by atoms with Gasteiger partial charge in [-0.15, -0.1) is 13.2 Å². The first kappa shape index (κ1) is 22.0. The van der Waals surface area contributed by atoms with Crippen LogP contribution in [0.25, 0.3) is 0 Å². The van der Waals surface area contributed by atoms with Gasteiger partial charge in [0.15, 0.2) is 0 Å². The van der Waals surface area contributed by atoms with Gasteiger partial charge in [0.1, 0.15) is 5.75 Å². The maximum Gasteiger partial charge on any atom is 0.573 e. The van der Waals surface area contributed by atoms with Gasteiger partial charge in [-0.1, -0.05) is 12.1 Å². The lowest BCUT2D eigenvalue weighted by atomic mass is 9.60. The SMILES string of the molecule is CCOC1CCC(C2CCC3CC(c4ccc(OC(F)(F)F)cc4)CCC3C2)CC1. The van der Waals surface area contributed by atoms with Gasteiger partial charge in [-0.2, -0.15) is 0 Å². The number of ether oxygens (including phenoxy) is 2. The molecule has 0 saturated heterocycles. The topological polar surface area (TPSA) is 18.5 Å². The van der Waals surface area contributed by atoms with Gasteiger partial charge in [-0.25, -0.2) is 0 Å². The Hall–Kier alpha value is -1.23. The smallest absolute Gasteiger partial charge is 0.406 e. The van der Waals surface area contributed by atoms with E-state index in [-0.39, 0.29) is 5.75 Å². The maximum atomic E-state index is 12.4. The zero-order chi connectivity index (χ0) is 21.1. The van der Waals surface area contributed by atoms with Gasteiger partial charge in [-0.3, -0.25) is 0 Å². The summed E-state index contributed by atoms with van der Waals surface area (Å²) in [6.45, 7) is 2.93. The molecule has 0 spiro atoms. The predicted molar refractivity (Wildman–Crippen MR) is 111 cm³/mol. The summed E-state index contributed by atoms with van der Waals surface area (Å²) in [7, 11) is 0. The molecule has 0 aromatic heterocycles. The van der Waals surface area contributed by atoms with E-state index < -0.39 is 6.36 Å². The lowest BCUT2D eigenvalue weighted by Gasteiger charge is -2.45. The van der Waals surface area contributed by atoms with E-state index in [0.717, 1.165) is 36.7 Å². The lowest BCUT2D eigenvalue weighted by molar-refractivity contribution is -0.274. The highest BCUT2D eigenvalue weighted by molar-refractivity contribution is 5.30. The van der Waals surface area contributed by atoms with E-state index in [2.05, 4.69) is 11.7 Å². The molecule has 1 aromatic rings. The molecule has 0 bridgehead atoms. The Balaban J connectivity index is 1.27. The Morgan fingerprint density at radius 1 is 0.767 bits per heavy atom. The van der Waals surface area contributed by atoms with Crippen LogP contribution in [0.1, 0.15) is 82.6 Å². The van der Waals surface area contributed by atoms with Crippen molar-refractivity contribution >= 4 is 0 Å². The quantitative estimate of drug-likeness (QED) is 0.488. The first-order valence-corrected chi connectivity index (χ1v) is 11.9. The summed E-state index contributed by atoms with van der Waals surface area (Å²) in [6, 6.07) is 6.58. The normalized spacial score (nSPS) is 34.9. The first-order chi connectivity index (χ1) is 14.4. The molecule has 3 aliphatic carbocycles. The third kappa shape index (κ3) is 5.52. The standard InChI is InChI=1S/C25H35F3O2/c1-2-29-23-11-7-17(8-12-23)19-3-5-22-16-20(4-6-21(22)15-19)18-9-13-24(14-10-18)30-25(26,27)28/h9-10,13-14,17,19-23H,2-8,11-12,15-16H2,1H3. The van der Waals surface area contributed by atoms with E-state index in [4.69, 9.17) is 4.74 Å². The van der Waals surface area contributed by atoms with Crippen LogP contribution in [0.2, 0.25) is 0 Å². The number of alkyl halides is 3. The molecule has 0 radical (unpaired) electrons. The second kappa shape index (κ2) is 9.50. The van der Waals surface area contributed by atoms with E-state index in [1.54, 1.807) is 0 Å².